The van der Waals surface area contributed by atoms with Crippen molar-refractivity contribution < 1.29 is 9.90 Å². The number of carbonyl (C=O) groups is 1. The number of aryl methyl sites for hydroxylation is 1. The van der Waals surface area contributed by atoms with E-state index in [1.807, 2.05) is 17.9 Å². The lowest BCUT2D eigenvalue weighted by molar-refractivity contribution is 0.0712. The predicted molar refractivity (Wildman–Crippen MR) is 75.9 cm³/mol. The number of rotatable bonds is 4. The molecule has 0 radical (unpaired) electrons. The van der Waals surface area contributed by atoms with Crippen LogP contribution in [0.5, 0.6) is 0 Å². The van der Waals surface area contributed by atoms with E-state index in [9.17, 15) is 4.79 Å². The number of aliphatic hydroxyl groups excluding tert-OH is 1. The van der Waals surface area contributed by atoms with Gasteiger partial charge < -0.3 is 10.0 Å². The largest absolute Gasteiger partial charge is 0.396 e. The zero-order chi connectivity index (χ0) is 14.8. The average molecular weight is 289 g/mol. The summed E-state index contributed by atoms with van der Waals surface area (Å²) >= 11 is 0. The van der Waals surface area contributed by atoms with Crippen molar-refractivity contribution in [2.24, 2.45) is 0 Å². The summed E-state index contributed by atoms with van der Waals surface area (Å²) in [5, 5.41) is 13.2. The molecule has 1 fully saturated rings. The molecule has 1 N–H and O–H groups in total. The van der Waals surface area contributed by atoms with Gasteiger partial charge in [-0.3, -0.25) is 4.79 Å². The van der Waals surface area contributed by atoms with Gasteiger partial charge in [-0.25, -0.2) is 9.50 Å². The Morgan fingerprint density at radius 2 is 2.38 bits per heavy atom. The number of likely N-dealkylation sites (tertiary alicyclic amines) is 1. The smallest absolute Gasteiger partial charge is 0.293 e. The van der Waals surface area contributed by atoms with Gasteiger partial charge in [0.1, 0.15) is 0 Å². The number of aliphatic hydroxyl groups is 1. The number of fused-ring (bicyclic) bond motifs is 1. The number of hydrogen-bond acceptors (Lipinski definition) is 5. The molecule has 0 spiro atoms. The first-order valence-corrected chi connectivity index (χ1v) is 7.31. The van der Waals surface area contributed by atoms with Gasteiger partial charge in [0.2, 0.25) is 5.82 Å². The molecule has 0 bridgehead atoms. The maximum absolute atomic E-state index is 12.6. The highest BCUT2D eigenvalue weighted by Crippen LogP contribution is 2.22. The standard InChI is InChI=1S/C14H19N5O2/c1-10-6-7-15-14-16-12(17-19(10)14)13(21)18-8-2-4-11(18)5-3-9-20/h6-7,11,20H,2-5,8-9H2,1H3. The maximum Gasteiger partial charge on any atom is 0.293 e. The highest BCUT2D eigenvalue weighted by Gasteiger charge is 2.31. The molecule has 7 heteroatoms. The molecule has 1 amide bonds. The van der Waals surface area contributed by atoms with Crippen molar-refractivity contribution in [3.05, 3.63) is 23.8 Å². The molecular formula is C14H19N5O2. The molecule has 0 aliphatic carbocycles. The van der Waals surface area contributed by atoms with Crippen LogP contribution in [0.1, 0.15) is 42.0 Å². The minimum Gasteiger partial charge on any atom is -0.396 e. The molecule has 1 saturated heterocycles. The van der Waals surface area contributed by atoms with E-state index in [2.05, 4.69) is 15.1 Å². The average Bonchev–Trinajstić information content (AvgIpc) is 3.11. The van der Waals surface area contributed by atoms with Crippen LogP contribution < -0.4 is 0 Å². The minimum absolute atomic E-state index is 0.139. The molecule has 1 aliphatic rings. The SMILES string of the molecule is Cc1ccnc2nc(C(=O)N3CCCC3CCCO)nn12. The number of amides is 1. The molecule has 21 heavy (non-hydrogen) atoms. The molecular weight excluding hydrogens is 270 g/mol. The van der Waals surface area contributed by atoms with Crippen molar-refractivity contribution in [3.63, 3.8) is 0 Å². The van der Waals surface area contributed by atoms with Crippen LogP contribution in [0.4, 0.5) is 0 Å². The molecule has 2 aromatic rings. The van der Waals surface area contributed by atoms with Gasteiger partial charge in [0.25, 0.3) is 11.7 Å². The van der Waals surface area contributed by atoms with E-state index < -0.39 is 0 Å². The van der Waals surface area contributed by atoms with Gasteiger partial charge in [0, 0.05) is 31.1 Å². The summed E-state index contributed by atoms with van der Waals surface area (Å²) < 4.78 is 1.59. The van der Waals surface area contributed by atoms with E-state index in [0.717, 1.165) is 31.5 Å². The minimum atomic E-state index is -0.139. The van der Waals surface area contributed by atoms with Crippen LogP contribution in [-0.2, 0) is 0 Å². The Labute approximate surface area is 122 Å². The lowest BCUT2D eigenvalue weighted by Gasteiger charge is -2.23. The number of hydrogen-bond donors (Lipinski definition) is 1. The van der Waals surface area contributed by atoms with Crippen LogP contribution in [0.3, 0.4) is 0 Å². The van der Waals surface area contributed by atoms with Crippen LogP contribution in [0.25, 0.3) is 5.78 Å². The van der Waals surface area contributed by atoms with Crippen molar-refractivity contribution >= 4 is 11.7 Å². The Kier molecular flexibility index (Phi) is 3.83. The Balaban J connectivity index is 1.84. The van der Waals surface area contributed by atoms with Crippen LogP contribution in [0, 0.1) is 6.92 Å². The molecule has 1 unspecified atom stereocenters. The molecule has 1 aliphatic heterocycles. The summed E-state index contributed by atoms with van der Waals surface area (Å²) in [7, 11) is 0. The first-order valence-electron chi connectivity index (χ1n) is 7.31. The fourth-order valence-electron chi connectivity index (χ4n) is 2.86. The lowest BCUT2D eigenvalue weighted by atomic mass is 10.1. The zero-order valence-electron chi connectivity index (χ0n) is 12.1. The number of carbonyl (C=O) groups excluding carboxylic acids is 1. The van der Waals surface area contributed by atoms with E-state index in [4.69, 9.17) is 5.11 Å². The van der Waals surface area contributed by atoms with Crippen LogP contribution >= 0.6 is 0 Å². The summed E-state index contributed by atoms with van der Waals surface area (Å²) in [6.45, 7) is 2.79. The van der Waals surface area contributed by atoms with E-state index in [1.54, 1.807) is 10.7 Å². The maximum atomic E-state index is 12.6. The Morgan fingerprint density at radius 1 is 1.52 bits per heavy atom. The van der Waals surface area contributed by atoms with Gasteiger partial charge in [0.15, 0.2) is 0 Å². The third-order valence-corrected chi connectivity index (χ3v) is 3.95. The summed E-state index contributed by atoms with van der Waals surface area (Å²) in [5.41, 5.74) is 0.893. The van der Waals surface area contributed by atoms with E-state index in [-0.39, 0.29) is 24.4 Å². The van der Waals surface area contributed by atoms with Crippen LogP contribution in [0.2, 0.25) is 0 Å². The second-order valence-corrected chi connectivity index (χ2v) is 5.39. The van der Waals surface area contributed by atoms with Crippen molar-refractivity contribution in [3.8, 4) is 0 Å². The zero-order valence-corrected chi connectivity index (χ0v) is 12.1. The third-order valence-electron chi connectivity index (χ3n) is 3.95. The molecule has 3 rings (SSSR count). The van der Waals surface area contributed by atoms with E-state index >= 15 is 0 Å². The molecule has 0 aromatic carbocycles. The molecule has 0 saturated carbocycles. The summed E-state index contributed by atoms with van der Waals surface area (Å²) in [4.78, 5) is 22.8. The fourth-order valence-corrected chi connectivity index (χ4v) is 2.86. The van der Waals surface area contributed by atoms with Crippen LogP contribution in [-0.4, -0.2) is 54.7 Å². The van der Waals surface area contributed by atoms with Crippen molar-refractivity contribution in [1.29, 1.82) is 0 Å². The van der Waals surface area contributed by atoms with Gasteiger partial charge in [-0.05, 0) is 38.7 Å². The molecule has 1 atom stereocenters. The third kappa shape index (κ3) is 2.61. The highest BCUT2D eigenvalue weighted by molar-refractivity contribution is 5.91. The predicted octanol–water partition coefficient (Wildman–Crippen LogP) is 0.810. The quantitative estimate of drug-likeness (QED) is 0.900. The number of aromatic nitrogens is 4. The summed E-state index contributed by atoms with van der Waals surface area (Å²) in [5.74, 6) is 0.512. The van der Waals surface area contributed by atoms with Crippen molar-refractivity contribution in [1.82, 2.24) is 24.5 Å². The summed E-state index contributed by atoms with van der Waals surface area (Å²) in [6.07, 6.45) is 5.18. The van der Waals surface area contributed by atoms with E-state index in [1.165, 1.54) is 0 Å². The van der Waals surface area contributed by atoms with Crippen molar-refractivity contribution in [2.75, 3.05) is 13.2 Å². The topological polar surface area (TPSA) is 83.6 Å². The first kappa shape index (κ1) is 13.9. The second-order valence-electron chi connectivity index (χ2n) is 5.39. The first-order chi connectivity index (χ1) is 10.2. The molecule has 3 heterocycles. The lowest BCUT2D eigenvalue weighted by Crippen LogP contribution is -2.36. The van der Waals surface area contributed by atoms with Gasteiger partial charge in [0.05, 0.1) is 0 Å². The Hall–Kier alpha value is -2.02. The highest BCUT2D eigenvalue weighted by atomic mass is 16.3. The molecule has 112 valence electrons. The van der Waals surface area contributed by atoms with Gasteiger partial charge in [-0.1, -0.05) is 0 Å². The molecule has 2 aromatic heterocycles. The van der Waals surface area contributed by atoms with Gasteiger partial charge >= 0.3 is 0 Å². The Bertz CT molecular complexity index is 654. The van der Waals surface area contributed by atoms with E-state index in [0.29, 0.717) is 12.2 Å². The van der Waals surface area contributed by atoms with Gasteiger partial charge in [-0.2, -0.15) is 4.98 Å². The van der Waals surface area contributed by atoms with Crippen LogP contribution in [0.15, 0.2) is 12.3 Å². The molecule has 7 nitrogen and oxygen atoms in total. The van der Waals surface area contributed by atoms with Gasteiger partial charge in [-0.15, -0.1) is 5.10 Å². The Morgan fingerprint density at radius 3 is 3.14 bits per heavy atom. The summed E-state index contributed by atoms with van der Waals surface area (Å²) in [6, 6.07) is 2.01. The second kappa shape index (κ2) is 5.77. The monoisotopic (exact) mass is 289 g/mol. The normalized spacial score (nSPS) is 18.6. The van der Waals surface area contributed by atoms with Crippen molar-refractivity contribution in [2.45, 2.75) is 38.6 Å². The number of nitrogens with zero attached hydrogens (tertiary/aromatic N) is 5. The fraction of sp³-hybridized carbons (Fsp3) is 0.571.